The van der Waals surface area contributed by atoms with Gasteiger partial charge in [-0.15, -0.1) is 5.56 Å². The molecular formula is C12H16ClO2Zn-. The van der Waals surface area contributed by atoms with E-state index in [-0.39, 0.29) is 19.5 Å². The van der Waals surface area contributed by atoms with E-state index in [1.165, 1.54) is 0 Å². The predicted octanol–water partition coefficient (Wildman–Crippen LogP) is 3.56. The van der Waals surface area contributed by atoms with E-state index in [0.29, 0.717) is 0 Å². The van der Waals surface area contributed by atoms with Crippen molar-refractivity contribution in [3.63, 3.8) is 0 Å². The summed E-state index contributed by atoms with van der Waals surface area (Å²) < 4.78 is 0. The van der Waals surface area contributed by atoms with Crippen molar-refractivity contribution in [3.05, 3.63) is 34.9 Å². The van der Waals surface area contributed by atoms with Gasteiger partial charge in [-0.2, -0.15) is 35.9 Å². The van der Waals surface area contributed by atoms with Crippen molar-refractivity contribution in [2.45, 2.75) is 27.7 Å². The van der Waals surface area contributed by atoms with Crippen LogP contribution in [-0.4, -0.2) is 11.1 Å². The monoisotopic (exact) mass is 291 g/mol. The molecule has 0 spiro atoms. The average Bonchev–Trinajstić information content (AvgIpc) is 2.09. The molecule has 0 radical (unpaired) electrons. The average molecular weight is 293 g/mol. The van der Waals surface area contributed by atoms with Gasteiger partial charge in [-0.1, -0.05) is 11.9 Å². The molecule has 0 heterocycles. The topological polar surface area (TPSA) is 37.3 Å². The third-order valence-corrected chi connectivity index (χ3v) is 2.07. The molecule has 16 heavy (non-hydrogen) atoms. The number of aliphatic carboxylic acids is 1. The van der Waals surface area contributed by atoms with Crippen LogP contribution in [-0.2, 0) is 24.3 Å². The number of halogens is 1. The van der Waals surface area contributed by atoms with E-state index in [1.807, 2.05) is 19.1 Å². The zero-order valence-electron chi connectivity index (χ0n) is 10.2. The molecule has 0 aromatic heterocycles. The molecule has 0 atom stereocenters. The number of hydrogen-bond donors (Lipinski definition) is 1. The molecule has 0 saturated heterocycles. The summed E-state index contributed by atoms with van der Waals surface area (Å²) in [5, 5.41) is 9.03. The molecular weight excluding hydrogens is 277 g/mol. The van der Waals surface area contributed by atoms with E-state index < -0.39 is 11.4 Å². The number of carboxylic acids is 1. The Morgan fingerprint density at radius 1 is 1.44 bits per heavy atom. The van der Waals surface area contributed by atoms with Crippen LogP contribution in [0.2, 0.25) is 5.02 Å². The molecule has 2 nitrogen and oxygen atoms in total. The fourth-order valence-electron chi connectivity index (χ4n) is 0.488. The largest absolute Gasteiger partial charge is 0.481 e. The van der Waals surface area contributed by atoms with E-state index >= 15 is 0 Å². The quantitative estimate of drug-likeness (QED) is 0.586. The van der Waals surface area contributed by atoms with Crippen LogP contribution >= 0.6 is 11.6 Å². The first-order chi connectivity index (χ1) is 6.75. The van der Waals surface area contributed by atoms with Crippen molar-refractivity contribution >= 4 is 17.6 Å². The molecule has 1 N–H and O–H groups in total. The van der Waals surface area contributed by atoms with Crippen LogP contribution in [0.4, 0.5) is 0 Å². The Labute approximate surface area is 115 Å². The van der Waals surface area contributed by atoms with E-state index in [0.717, 1.165) is 10.6 Å². The third kappa shape index (κ3) is 7.84. The zero-order valence-corrected chi connectivity index (χ0v) is 13.9. The van der Waals surface area contributed by atoms with Gasteiger partial charge in [0, 0.05) is 19.5 Å². The summed E-state index contributed by atoms with van der Waals surface area (Å²) >= 11 is 5.68. The molecule has 0 saturated carbocycles. The van der Waals surface area contributed by atoms with Crippen LogP contribution in [0, 0.1) is 18.4 Å². The fourth-order valence-corrected chi connectivity index (χ4v) is 0.614. The predicted molar refractivity (Wildman–Crippen MR) is 62.1 cm³/mol. The SMILES string of the molecule is CC(C)(C)C(=O)O.Cc1cc[c-]cc1Cl.[Zn]. The Morgan fingerprint density at radius 3 is 2.06 bits per heavy atom. The van der Waals surface area contributed by atoms with Gasteiger partial charge in [0.1, 0.15) is 0 Å². The number of carbonyl (C=O) groups is 1. The summed E-state index contributed by atoms with van der Waals surface area (Å²) in [7, 11) is 0. The van der Waals surface area contributed by atoms with E-state index in [9.17, 15) is 4.79 Å². The van der Waals surface area contributed by atoms with Crippen molar-refractivity contribution in [1.29, 1.82) is 0 Å². The summed E-state index contributed by atoms with van der Waals surface area (Å²) in [6.07, 6.45) is 0. The minimum atomic E-state index is -0.757. The first kappa shape index (κ1) is 18.0. The van der Waals surface area contributed by atoms with Gasteiger partial charge in [-0.05, 0) is 20.8 Å². The molecule has 4 heteroatoms. The second-order valence-electron chi connectivity index (χ2n) is 4.23. The Bertz CT molecular complexity index is 311. The molecule has 0 aliphatic heterocycles. The maximum Gasteiger partial charge on any atom is 0.308 e. The summed E-state index contributed by atoms with van der Waals surface area (Å²) in [6.45, 7) is 6.95. The molecule has 1 aromatic rings. The number of rotatable bonds is 0. The van der Waals surface area contributed by atoms with Gasteiger partial charge < -0.3 is 5.11 Å². The minimum Gasteiger partial charge on any atom is -0.481 e. The second kappa shape index (κ2) is 7.81. The van der Waals surface area contributed by atoms with Gasteiger partial charge in [-0.3, -0.25) is 4.79 Å². The molecule has 1 rings (SSSR count). The molecule has 1 aromatic carbocycles. The molecule has 0 amide bonds. The van der Waals surface area contributed by atoms with Gasteiger partial charge in [-0.25, -0.2) is 0 Å². The number of benzene rings is 1. The first-order valence-electron chi connectivity index (χ1n) is 4.60. The molecule has 0 bridgehead atoms. The molecule has 0 aliphatic rings. The summed E-state index contributed by atoms with van der Waals surface area (Å²) in [5.74, 6) is -0.757. The summed E-state index contributed by atoms with van der Waals surface area (Å²) in [6, 6.07) is 8.41. The van der Waals surface area contributed by atoms with E-state index in [1.54, 1.807) is 26.8 Å². The molecule has 0 unspecified atom stereocenters. The Balaban J connectivity index is 0. The smallest absolute Gasteiger partial charge is 0.308 e. The zero-order chi connectivity index (χ0) is 12.1. The summed E-state index contributed by atoms with van der Waals surface area (Å²) in [4.78, 5) is 10.0. The van der Waals surface area contributed by atoms with E-state index in [4.69, 9.17) is 16.7 Å². The van der Waals surface area contributed by atoms with E-state index in [2.05, 4.69) is 6.07 Å². The van der Waals surface area contributed by atoms with Crippen LogP contribution in [0.25, 0.3) is 0 Å². The molecule has 0 fully saturated rings. The molecule has 86 valence electrons. The van der Waals surface area contributed by atoms with Gasteiger partial charge >= 0.3 is 5.97 Å². The Kier molecular flexibility index (Phi) is 8.78. The summed E-state index contributed by atoms with van der Waals surface area (Å²) in [5.41, 5.74) is 0.519. The standard InChI is InChI=1S/C7H6Cl.C5H10O2.Zn/c1-6-4-2-3-5-7(6)8;1-5(2,3)4(6)7;/h2,4-5H,1H3;1-3H3,(H,6,7);/q-1;;. The van der Waals surface area contributed by atoms with Gasteiger partial charge in [0.2, 0.25) is 0 Å². The normalized spacial score (nSPS) is 9.56. The third-order valence-electron chi connectivity index (χ3n) is 1.66. The first-order valence-corrected chi connectivity index (χ1v) is 4.98. The second-order valence-corrected chi connectivity index (χ2v) is 4.64. The van der Waals surface area contributed by atoms with Gasteiger partial charge in [0.05, 0.1) is 5.41 Å². The Hall–Kier alpha value is -0.397. The number of carboxylic acid groups (broad SMARTS) is 1. The van der Waals surface area contributed by atoms with Crippen LogP contribution in [0.15, 0.2) is 18.2 Å². The maximum atomic E-state index is 10.0. The van der Waals surface area contributed by atoms with Crippen molar-refractivity contribution < 1.29 is 29.4 Å². The van der Waals surface area contributed by atoms with Crippen molar-refractivity contribution in [2.24, 2.45) is 5.41 Å². The number of hydrogen-bond acceptors (Lipinski definition) is 1. The molecule has 0 aliphatic carbocycles. The minimum absolute atomic E-state index is 0. The maximum absolute atomic E-state index is 10.0. The van der Waals surface area contributed by atoms with Crippen molar-refractivity contribution in [3.8, 4) is 0 Å². The Morgan fingerprint density at radius 2 is 1.88 bits per heavy atom. The van der Waals surface area contributed by atoms with Gasteiger partial charge in [0.15, 0.2) is 0 Å². The fraction of sp³-hybridized carbons (Fsp3) is 0.417. The van der Waals surface area contributed by atoms with Crippen LogP contribution in [0.1, 0.15) is 26.3 Å². The van der Waals surface area contributed by atoms with Crippen molar-refractivity contribution in [2.75, 3.05) is 0 Å². The van der Waals surface area contributed by atoms with Gasteiger partial charge in [0.25, 0.3) is 0 Å². The van der Waals surface area contributed by atoms with Crippen LogP contribution < -0.4 is 0 Å². The van der Waals surface area contributed by atoms with Crippen LogP contribution in [0.5, 0.6) is 0 Å². The number of aryl methyl sites for hydroxylation is 1. The van der Waals surface area contributed by atoms with Crippen LogP contribution in [0.3, 0.4) is 0 Å². The van der Waals surface area contributed by atoms with Crippen molar-refractivity contribution in [1.82, 2.24) is 0 Å².